The Morgan fingerprint density at radius 2 is 1.46 bits per heavy atom. The van der Waals surface area contributed by atoms with Gasteiger partial charge in [-0.05, 0) is 27.8 Å². The van der Waals surface area contributed by atoms with Gasteiger partial charge in [-0.15, -0.1) is 0 Å². The van der Waals surface area contributed by atoms with Crippen LogP contribution in [0.4, 0.5) is 13.6 Å². The van der Waals surface area contributed by atoms with Crippen LogP contribution in [0.3, 0.4) is 0 Å². The smallest absolute Gasteiger partial charge is 0.806 e. The van der Waals surface area contributed by atoms with Crippen LogP contribution >= 0.6 is 7.60 Å². The van der Waals surface area contributed by atoms with E-state index in [1.54, 1.807) is 0 Å². The fourth-order valence-corrected chi connectivity index (χ4v) is 4.82. The molecule has 1 aliphatic rings. The monoisotopic (exact) mass is 575 g/mol. The molecule has 3 aromatic carbocycles. The Kier molecular flexibility index (Phi) is 11.9. The van der Waals surface area contributed by atoms with Crippen LogP contribution < -0.4 is 74.2 Å². The minimum Gasteiger partial charge on any atom is -0.806 e. The fourth-order valence-electron chi connectivity index (χ4n) is 4.35. The summed E-state index contributed by atoms with van der Waals surface area (Å²) in [6.07, 6.45) is -1.03. The number of alkyl halides is 2. The Labute approximate surface area is 268 Å². The zero-order chi connectivity index (χ0) is 26.8. The van der Waals surface area contributed by atoms with E-state index in [0.29, 0.717) is 5.56 Å². The molecule has 0 fully saturated rings. The Morgan fingerprint density at radius 1 is 0.949 bits per heavy atom. The van der Waals surface area contributed by atoms with Crippen molar-refractivity contribution in [2.75, 3.05) is 13.7 Å². The molecule has 0 heterocycles. The van der Waals surface area contributed by atoms with E-state index in [9.17, 15) is 32.7 Å². The van der Waals surface area contributed by atoms with Crippen molar-refractivity contribution in [3.63, 3.8) is 0 Å². The summed E-state index contributed by atoms with van der Waals surface area (Å²) in [4.78, 5) is 46.6. The number of fused-ring (bicyclic) bond motifs is 3. The van der Waals surface area contributed by atoms with Gasteiger partial charge in [0.2, 0.25) is 0 Å². The molecule has 0 saturated carbocycles. The summed E-state index contributed by atoms with van der Waals surface area (Å²) in [6.45, 7) is 0.0159. The molecule has 1 amide bonds. The second-order valence-electron chi connectivity index (χ2n) is 8.49. The van der Waals surface area contributed by atoms with Crippen LogP contribution in [0.25, 0.3) is 11.1 Å². The van der Waals surface area contributed by atoms with Crippen LogP contribution in [0.2, 0.25) is 0 Å². The molecular weight excluding hydrogens is 553 g/mol. The van der Waals surface area contributed by atoms with Crippen LogP contribution in [0.15, 0.2) is 72.8 Å². The number of benzene rings is 3. The van der Waals surface area contributed by atoms with Gasteiger partial charge in [-0.2, -0.15) is 8.78 Å². The van der Waals surface area contributed by atoms with Crippen LogP contribution in [-0.4, -0.2) is 31.8 Å². The van der Waals surface area contributed by atoms with E-state index in [4.69, 9.17) is 9.47 Å². The molecule has 1 atom stereocenters. The molecule has 8 nitrogen and oxygen atoms in total. The van der Waals surface area contributed by atoms with Gasteiger partial charge in [-0.25, -0.2) is 9.59 Å². The standard InChI is InChI=1S/C26H24F2NO7P.2Na/c1-35-24(30)23(14-16-10-12-17(13-11-16)26(27,28)37(32,33)34)29-25(31)36-15-22-20-8-4-2-6-18(20)19-7-3-5-9-21(19)22;;/h2-13,22-23H,14-15H2,1H3,(H,29,31)(H2,32,33,34);;/q;2*+1/p-2. The number of amides is 1. The van der Waals surface area contributed by atoms with E-state index in [1.807, 2.05) is 48.5 Å². The third-order valence-corrected chi connectivity index (χ3v) is 7.15. The number of nitrogens with one attached hydrogen (secondary N) is 1. The molecule has 0 aliphatic heterocycles. The minimum absolute atomic E-state index is 0. The van der Waals surface area contributed by atoms with Gasteiger partial charge in [0.1, 0.15) is 12.6 Å². The summed E-state index contributed by atoms with van der Waals surface area (Å²) in [5.74, 6) is -0.992. The molecule has 0 bridgehead atoms. The van der Waals surface area contributed by atoms with Gasteiger partial charge in [0.25, 0.3) is 5.66 Å². The summed E-state index contributed by atoms with van der Waals surface area (Å²) in [5.41, 5.74) is -1.13. The second-order valence-corrected chi connectivity index (χ2v) is 10.0. The molecular formula is C26H22F2NNa2O7P. The summed E-state index contributed by atoms with van der Waals surface area (Å²) >= 11 is 0. The topological polar surface area (TPSA) is 128 Å². The van der Waals surface area contributed by atoms with Crippen LogP contribution in [0.1, 0.15) is 28.2 Å². The van der Waals surface area contributed by atoms with Crippen molar-refractivity contribution in [1.29, 1.82) is 0 Å². The first-order chi connectivity index (χ1) is 17.5. The minimum atomic E-state index is -6.21. The van der Waals surface area contributed by atoms with Crippen molar-refractivity contribution in [1.82, 2.24) is 5.32 Å². The van der Waals surface area contributed by atoms with Gasteiger partial charge in [-0.1, -0.05) is 72.8 Å². The maximum absolute atomic E-state index is 13.8. The molecule has 194 valence electrons. The van der Waals surface area contributed by atoms with E-state index in [2.05, 4.69) is 5.32 Å². The number of hydrogen-bond donors (Lipinski definition) is 1. The first kappa shape index (κ1) is 33.6. The predicted molar refractivity (Wildman–Crippen MR) is 126 cm³/mol. The van der Waals surface area contributed by atoms with Gasteiger partial charge >= 0.3 is 71.2 Å². The number of halogens is 2. The molecule has 1 N–H and O–H groups in total. The second kappa shape index (κ2) is 13.9. The number of carbonyl (C=O) groups excluding carboxylic acids is 2. The van der Waals surface area contributed by atoms with E-state index in [0.717, 1.165) is 53.6 Å². The van der Waals surface area contributed by atoms with Crippen molar-refractivity contribution < 1.29 is 101 Å². The maximum atomic E-state index is 13.8. The average Bonchev–Trinajstić information content (AvgIpc) is 3.20. The van der Waals surface area contributed by atoms with E-state index < -0.39 is 36.9 Å². The van der Waals surface area contributed by atoms with E-state index in [-0.39, 0.29) is 78.1 Å². The zero-order valence-corrected chi connectivity index (χ0v) is 26.5. The van der Waals surface area contributed by atoms with Crippen LogP contribution in [0, 0.1) is 0 Å². The molecule has 39 heavy (non-hydrogen) atoms. The molecule has 4 rings (SSSR count). The zero-order valence-electron chi connectivity index (χ0n) is 21.6. The average molecular weight is 575 g/mol. The maximum Gasteiger partial charge on any atom is 1.00 e. The Balaban J connectivity index is 0.00000267. The number of ether oxygens (including phenoxy) is 2. The first-order valence-corrected chi connectivity index (χ1v) is 12.8. The molecule has 3 aromatic rings. The number of rotatable bonds is 8. The number of esters is 1. The molecule has 13 heteroatoms. The molecule has 1 aliphatic carbocycles. The van der Waals surface area contributed by atoms with Gasteiger partial charge in [0.15, 0.2) is 0 Å². The number of carbonyl (C=O) groups is 2. The predicted octanol–water partition coefficient (Wildman–Crippen LogP) is -2.72. The largest absolute Gasteiger partial charge is 1.00 e. The van der Waals surface area contributed by atoms with E-state index >= 15 is 0 Å². The fraction of sp³-hybridized carbons (Fsp3) is 0.231. The number of hydrogen-bond acceptors (Lipinski definition) is 7. The Bertz CT molecular complexity index is 1320. The first-order valence-electron chi connectivity index (χ1n) is 11.2. The molecule has 0 aromatic heterocycles. The van der Waals surface area contributed by atoms with Crippen molar-refractivity contribution in [3.05, 3.63) is 95.1 Å². The summed E-state index contributed by atoms with van der Waals surface area (Å²) in [7, 11) is -5.09. The van der Waals surface area contributed by atoms with Gasteiger partial charge in [-0.3, -0.25) is 0 Å². The number of alkyl carbamates (subject to hydrolysis) is 1. The third kappa shape index (κ3) is 7.38. The summed E-state index contributed by atoms with van der Waals surface area (Å²) < 4.78 is 48.6. The molecule has 0 radical (unpaired) electrons. The summed E-state index contributed by atoms with van der Waals surface area (Å²) in [5, 5.41) is 2.43. The quantitative estimate of drug-likeness (QED) is 0.176. The van der Waals surface area contributed by atoms with Crippen LogP contribution in [-0.2, 0) is 30.9 Å². The summed E-state index contributed by atoms with van der Waals surface area (Å²) in [6, 6.07) is 18.2. The molecule has 0 saturated heterocycles. The van der Waals surface area contributed by atoms with Crippen molar-refractivity contribution in [2.45, 2.75) is 24.0 Å². The van der Waals surface area contributed by atoms with Crippen molar-refractivity contribution in [2.24, 2.45) is 0 Å². The molecule has 0 spiro atoms. The van der Waals surface area contributed by atoms with Gasteiger partial charge in [0.05, 0.1) is 7.11 Å². The Morgan fingerprint density at radius 3 is 1.95 bits per heavy atom. The van der Waals surface area contributed by atoms with Gasteiger partial charge in [0, 0.05) is 25.5 Å². The Hall–Kier alpha value is -1.59. The van der Waals surface area contributed by atoms with Crippen molar-refractivity contribution >= 4 is 19.7 Å². The number of methoxy groups -OCH3 is 1. The van der Waals surface area contributed by atoms with Gasteiger partial charge < -0.3 is 29.1 Å². The van der Waals surface area contributed by atoms with Crippen LogP contribution in [0.5, 0.6) is 0 Å². The third-order valence-electron chi connectivity index (χ3n) is 6.21. The van der Waals surface area contributed by atoms with Crippen molar-refractivity contribution in [3.8, 4) is 11.1 Å². The normalized spacial score (nSPS) is 13.2. The SMILES string of the molecule is COC(=O)C(Cc1ccc(C(F)(F)P(=O)([O-])[O-])cc1)NC(=O)OCC1c2ccccc2-c2ccccc21.[Na+].[Na+]. The van der Waals surface area contributed by atoms with E-state index in [1.165, 1.54) is 0 Å². The molecule has 1 unspecified atom stereocenters.